The van der Waals surface area contributed by atoms with Gasteiger partial charge in [0.25, 0.3) is 0 Å². The van der Waals surface area contributed by atoms with Crippen LogP contribution in [0.4, 0.5) is 5.69 Å². The van der Waals surface area contributed by atoms with Crippen LogP contribution < -0.4 is 4.90 Å². The second-order valence-electron chi connectivity index (χ2n) is 3.40. The molecule has 2 rings (SSSR count). The third kappa shape index (κ3) is 1.65. The van der Waals surface area contributed by atoms with Gasteiger partial charge in [0.2, 0.25) is 0 Å². The summed E-state index contributed by atoms with van der Waals surface area (Å²) in [4.78, 5) is 2.27. The fraction of sp³-hybridized carbons (Fsp3) is 0.364. The Bertz CT molecular complexity index is 313. The van der Waals surface area contributed by atoms with E-state index < -0.39 is 0 Å². The van der Waals surface area contributed by atoms with Crippen LogP contribution in [0.5, 0.6) is 0 Å². The first kappa shape index (κ1) is 8.12. The van der Waals surface area contributed by atoms with Crippen LogP contribution >= 0.6 is 0 Å². The third-order valence-electron chi connectivity index (χ3n) is 2.49. The molecule has 1 aliphatic heterocycles. The predicted octanol–water partition coefficient (Wildman–Crippen LogP) is 2.04. The molecular weight excluding hydrogens is 160 g/mol. The smallest absolute Gasteiger partial charge is 0.0675 e. The highest BCUT2D eigenvalue weighted by molar-refractivity contribution is 5.47. The molecular formula is C11H12N2. The van der Waals surface area contributed by atoms with Crippen molar-refractivity contribution < 1.29 is 0 Å². The Kier molecular flexibility index (Phi) is 2.18. The van der Waals surface area contributed by atoms with Crippen LogP contribution in [0.25, 0.3) is 0 Å². The molecule has 0 bridgehead atoms. The van der Waals surface area contributed by atoms with Crippen molar-refractivity contribution in [3.05, 3.63) is 30.3 Å². The van der Waals surface area contributed by atoms with Crippen LogP contribution in [0.1, 0.15) is 6.42 Å². The van der Waals surface area contributed by atoms with Crippen LogP contribution in [-0.2, 0) is 0 Å². The van der Waals surface area contributed by atoms with E-state index in [2.05, 4.69) is 23.1 Å². The van der Waals surface area contributed by atoms with Crippen molar-refractivity contribution in [1.29, 1.82) is 5.26 Å². The molecule has 1 aliphatic rings. The number of para-hydroxylation sites is 1. The highest BCUT2D eigenvalue weighted by Gasteiger charge is 2.21. The van der Waals surface area contributed by atoms with Crippen LogP contribution in [-0.4, -0.2) is 13.1 Å². The van der Waals surface area contributed by atoms with Crippen molar-refractivity contribution >= 4 is 5.69 Å². The van der Waals surface area contributed by atoms with Gasteiger partial charge in [-0.2, -0.15) is 5.26 Å². The van der Waals surface area contributed by atoms with Gasteiger partial charge in [0.15, 0.2) is 0 Å². The Hall–Kier alpha value is -1.49. The van der Waals surface area contributed by atoms with E-state index in [0.717, 1.165) is 19.5 Å². The molecule has 1 atom stereocenters. The molecule has 1 saturated heterocycles. The van der Waals surface area contributed by atoms with Crippen LogP contribution in [0, 0.1) is 17.2 Å². The molecule has 2 nitrogen and oxygen atoms in total. The van der Waals surface area contributed by atoms with E-state index in [1.807, 2.05) is 18.2 Å². The molecule has 1 aromatic carbocycles. The second kappa shape index (κ2) is 3.49. The van der Waals surface area contributed by atoms with E-state index in [9.17, 15) is 0 Å². The number of benzene rings is 1. The van der Waals surface area contributed by atoms with Crippen LogP contribution in [0.2, 0.25) is 0 Å². The molecule has 1 unspecified atom stereocenters. The van der Waals surface area contributed by atoms with E-state index in [1.165, 1.54) is 5.69 Å². The predicted molar refractivity (Wildman–Crippen MR) is 52.4 cm³/mol. The van der Waals surface area contributed by atoms with Gasteiger partial charge in [-0.05, 0) is 18.6 Å². The molecule has 2 heteroatoms. The summed E-state index contributed by atoms with van der Waals surface area (Å²) in [5, 5.41) is 8.75. The molecule has 0 aromatic heterocycles. The summed E-state index contributed by atoms with van der Waals surface area (Å²) in [6, 6.07) is 12.6. The van der Waals surface area contributed by atoms with Crippen LogP contribution in [0.15, 0.2) is 30.3 Å². The van der Waals surface area contributed by atoms with Gasteiger partial charge in [-0.3, -0.25) is 0 Å². The minimum Gasteiger partial charge on any atom is -0.370 e. The zero-order valence-corrected chi connectivity index (χ0v) is 7.48. The largest absolute Gasteiger partial charge is 0.370 e. The first-order valence-electron chi connectivity index (χ1n) is 4.60. The normalized spacial score (nSPS) is 21.5. The van der Waals surface area contributed by atoms with Crippen molar-refractivity contribution in [2.45, 2.75) is 6.42 Å². The lowest BCUT2D eigenvalue weighted by Gasteiger charge is -2.16. The zero-order valence-electron chi connectivity index (χ0n) is 7.48. The van der Waals surface area contributed by atoms with E-state index in [0.29, 0.717) is 0 Å². The van der Waals surface area contributed by atoms with Crippen LogP contribution in [0.3, 0.4) is 0 Å². The Balaban J connectivity index is 2.09. The molecule has 0 N–H and O–H groups in total. The number of anilines is 1. The lowest BCUT2D eigenvalue weighted by atomic mass is 10.1. The third-order valence-corrected chi connectivity index (χ3v) is 2.49. The van der Waals surface area contributed by atoms with Gasteiger partial charge < -0.3 is 4.90 Å². The Morgan fingerprint density at radius 2 is 2.08 bits per heavy atom. The summed E-state index contributed by atoms with van der Waals surface area (Å²) < 4.78 is 0. The minimum atomic E-state index is 0.222. The SMILES string of the molecule is N#CC1CCN(c2ccccc2)C1. The molecule has 13 heavy (non-hydrogen) atoms. The van der Waals surface area contributed by atoms with Crippen molar-refractivity contribution in [3.63, 3.8) is 0 Å². The molecule has 0 radical (unpaired) electrons. The Labute approximate surface area is 78.4 Å². The average Bonchev–Trinajstić information content (AvgIpc) is 2.67. The second-order valence-corrected chi connectivity index (χ2v) is 3.40. The lowest BCUT2D eigenvalue weighted by molar-refractivity contribution is 0.755. The number of nitriles is 1. The number of nitrogens with zero attached hydrogens (tertiary/aromatic N) is 2. The van der Waals surface area contributed by atoms with E-state index in [4.69, 9.17) is 5.26 Å². The zero-order chi connectivity index (χ0) is 9.10. The van der Waals surface area contributed by atoms with Crippen molar-refractivity contribution in [2.75, 3.05) is 18.0 Å². The van der Waals surface area contributed by atoms with Gasteiger partial charge in [0.05, 0.1) is 12.0 Å². The topological polar surface area (TPSA) is 27.0 Å². The summed E-state index contributed by atoms with van der Waals surface area (Å²) >= 11 is 0. The summed E-state index contributed by atoms with van der Waals surface area (Å²) in [5.41, 5.74) is 1.24. The molecule has 1 aromatic rings. The monoisotopic (exact) mass is 172 g/mol. The van der Waals surface area contributed by atoms with Crippen molar-refractivity contribution in [2.24, 2.45) is 5.92 Å². The summed E-state index contributed by atoms with van der Waals surface area (Å²) in [6.07, 6.45) is 1.01. The molecule has 0 spiro atoms. The maximum atomic E-state index is 8.75. The molecule has 1 fully saturated rings. The summed E-state index contributed by atoms with van der Waals surface area (Å²) in [6.45, 7) is 1.91. The maximum absolute atomic E-state index is 8.75. The fourth-order valence-electron chi connectivity index (χ4n) is 1.74. The molecule has 66 valence electrons. The van der Waals surface area contributed by atoms with Gasteiger partial charge in [0, 0.05) is 18.8 Å². The summed E-state index contributed by atoms with van der Waals surface area (Å²) in [5.74, 6) is 0.222. The van der Waals surface area contributed by atoms with Gasteiger partial charge in [-0.15, -0.1) is 0 Å². The fourth-order valence-corrected chi connectivity index (χ4v) is 1.74. The number of hydrogen-bond acceptors (Lipinski definition) is 2. The van der Waals surface area contributed by atoms with E-state index >= 15 is 0 Å². The molecule has 1 heterocycles. The first-order chi connectivity index (χ1) is 6.40. The quantitative estimate of drug-likeness (QED) is 0.648. The van der Waals surface area contributed by atoms with Gasteiger partial charge >= 0.3 is 0 Å². The molecule has 0 amide bonds. The minimum absolute atomic E-state index is 0.222. The summed E-state index contributed by atoms with van der Waals surface area (Å²) in [7, 11) is 0. The van der Waals surface area contributed by atoms with E-state index in [-0.39, 0.29) is 5.92 Å². The number of rotatable bonds is 1. The van der Waals surface area contributed by atoms with Gasteiger partial charge in [-0.1, -0.05) is 18.2 Å². The number of hydrogen-bond donors (Lipinski definition) is 0. The van der Waals surface area contributed by atoms with Gasteiger partial charge in [0.1, 0.15) is 0 Å². The van der Waals surface area contributed by atoms with Crippen molar-refractivity contribution in [1.82, 2.24) is 0 Å². The highest BCUT2D eigenvalue weighted by Crippen LogP contribution is 2.22. The Morgan fingerprint density at radius 3 is 2.69 bits per heavy atom. The molecule has 0 saturated carbocycles. The van der Waals surface area contributed by atoms with Gasteiger partial charge in [-0.25, -0.2) is 0 Å². The average molecular weight is 172 g/mol. The highest BCUT2D eigenvalue weighted by atomic mass is 15.1. The lowest BCUT2D eigenvalue weighted by Crippen LogP contribution is -2.18. The van der Waals surface area contributed by atoms with Crippen molar-refractivity contribution in [3.8, 4) is 6.07 Å². The first-order valence-corrected chi connectivity index (χ1v) is 4.60. The maximum Gasteiger partial charge on any atom is 0.0675 e. The standard InChI is InChI=1S/C11H12N2/c12-8-10-6-7-13(9-10)11-4-2-1-3-5-11/h1-5,10H,6-7,9H2. The van der Waals surface area contributed by atoms with E-state index in [1.54, 1.807) is 0 Å². The molecule has 0 aliphatic carbocycles. The Morgan fingerprint density at radius 1 is 1.31 bits per heavy atom.